The molecular formula is C41H50N8O6. The SMILES string of the molecule is CN(C)c1ccncc1C1CN(C(=O)[C@@H]2CC[C@@H]3CCN(C(=O)CCCCCC#Cc4cccc5c4CN(C4CCC(=O)NC4=O)C5=O)C[C@H](N)C(=O)N32)C1. The molecule has 2 aromatic rings. The first kappa shape index (κ1) is 38.0. The van der Waals surface area contributed by atoms with Crippen LogP contribution in [-0.4, -0.2) is 124 Å². The predicted octanol–water partition coefficient (Wildman–Crippen LogP) is 1.76. The number of nitrogens with one attached hydrogen (secondary N) is 1. The highest BCUT2D eigenvalue weighted by atomic mass is 16.2. The number of carbonyl (C=O) groups is 6. The van der Waals surface area contributed by atoms with Crippen LogP contribution < -0.4 is 16.0 Å². The van der Waals surface area contributed by atoms with Crippen LogP contribution >= 0.6 is 0 Å². The van der Waals surface area contributed by atoms with E-state index >= 15 is 0 Å². The number of pyridine rings is 1. The fourth-order valence-electron chi connectivity index (χ4n) is 8.74. The Morgan fingerprint density at radius 1 is 0.982 bits per heavy atom. The molecule has 0 bridgehead atoms. The van der Waals surface area contributed by atoms with Gasteiger partial charge in [-0.15, -0.1) is 0 Å². The van der Waals surface area contributed by atoms with Gasteiger partial charge in [-0.25, -0.2) is 0 Å². The molecule has 0 spiro atoms. The van der Waals surface area contributed by atoms with Crippen molar-refractivity contribution < 1.29 is 28.8 Å². The van der Waals surface area contributed by atoms with Crippen molar-refractivity contribution in [1.82, 2.24) is 29.9 Å². The van der Waals surface area contributed by atoms with Crippen LogP contribution in [0.1, 0.15) is 97.2 Å². The largest absolute Gasteiger partial charge is 0.377 e. The number of aromatic nitrogens is 1. The molecule has 0 aliphatic carbocycles. The maximum Gasteiger partial charge on any atom is 0.255 e. The van der Waals surface area contributed by atoms with Gasteiger partial charge in [-0.3, -0.25) is 39.1 Å². The number of benzene rings is 1. The van der Waals surface area contributed by atoms with Crippen LogP contribution in [0.5, 0.6) is 0 Å². The number of hydrogen-bond acceptors (Lipinski definition) is 9. The Labute approximate surface area is 321 Å². The summed E-state index contributed by atoms with van der Waals surface area (Å²) < 4.78 is 0. The number of nitrogens with two attached hydrogens (primary N) is 1. The molecule has 4 fully saturated rings. The lowest BCUT2D eigenvalue weighted by Gasteiger charge is -2.44. The summed E-state index contributed by atoms with van der Waals surface area (Å²) in [5, 5.41) is 2.33. The Morgan fingerprint density at radius 3 is 2.58 bits per heavy atom. The van der Waals surface area contributed by atoms with Crippen molar-refractivity contribution in [1.29, 1.82) is 0 Å². The molecule has 4 saturated heterocycles. The van der Waals surface area contributed by atoms with Gasteiger partial charge in [0.1, 0.15) is 18.1 Å². The van der Waals surface area contributed by atoms with Crippen molar-refractivity contribution >= 4 is 41.1 Å². The summed E-state index contributed by atoms with van der Waals surface area (Å²) in [6, 6.07) is 5.20. The molecule has 3 N–H and O–H groups in total. The third-order valence-electron chi connectivity index (χ3n) is 11.8. The topological polar surface area (TPSA) is 170 Å². The van der Waals surface area contributed by atoms with Gasteiger partial charge in [0, 0.05) is 113 Å². The lowest BCUT2D eigenvalue weighted by molar-refractivity contribution is -0.150. The Kier molecular flexibility index (Phi) is 11.2. The van der Waals surface area contributed by atoms with Crippen molar-refractivity contribution in [3.05, 3.63) is 58.9 Å². The molecule has 14 nitrogen and oxygen atoms in total. The molecule has 4 atom stereocenters. The van der Waals surface area contributed by atoms with E-state index in [9.17, 15) is 28.8 Å². The Balaban J connectivity index is 0.852. The highest BCUT2D eigenvalue weighted by Gasteiger charge is 2.47. The second-order valence-electron chi connectivity index (χ2n) is 15.6. The van der Waals surface area contributed by atoms with Gasteiger partial charge in [0.2, 0.25) is 29.5 Å². The van der Waals surface area contributed by atoms with E-state index in [1.54, 1.807) is 28.1 Å². The molecule has 5 aliphatic heterocycles. The van der Waals surface area contributed by atoms with E-state index in [0.717, 1.165) is 35.2 Å². The smallest absolute Gasteiger partial charge is 0.255 e. The van der Waals surface area contributed by atoms with Gasteiger partial charge >= 0.3 is 0 Å². The number of carbonyl (C=O) groups excluding carboxylic acids is 6. The summed E-state index contributed by atoms with van der Waals surface area (Å²) in [5.74, 6) is 5.34. The molecule has 0 saturated carbocycles. The highest BCUT2D eigenvalue weighted by Crippen LogP contribution is 2.36. The Morgan fingerprint density at radius 2 is 1.80 bits per heavy atom. The van der Waals surface area contributed by atoms with E-state index in [4.69, 9.17) is 5.73 Å². The Hall–Kier alpha value is -5.29. The number of likely N-dealkylation sites (tertiary alicyclic amines) is 1. The molecule has 6 amide bonds. The lowest BCUT2D eigenvalue weighted by atomic mass is 9.90. The van der Waals surface area contributed by atoms with Gasteiger partial charge in [-0.05, 0) is 62.3 Å². The molecule has 1 aromatic carbocycles. The zero-order valence-corrected chi connectivity index (χ0v) is 31.7. The van der Waals surface area contributed by atoms with Crippen LogP contribution in [0.4, 0.5) is 5.69 Å². The maximum absolute atomic E-state index is 13.7. The lowest BCUT2D eigenvalue weighted by Crippen LogP contribution is -2.61. The summed E-state index contributed by atoms with van der Waals surface area (Å²) in [6.45, 7) is 2.11. The van der Waals surface area contributed by atoms with E-state index in [-0.39, 0.29) is 61.0 Å². The van der Waals surface area contributed by atoms with Crippen molar-refractivity contribution in [2.24, 2.45) is 5.73 Å². The highest BCUT2D eigenvalue weighted by molar-refractivity contribution is 6.05. The molecule has 1 unspecified atom stereocenters. The van der Waals surface area contributed by atoms with Gasteiger partial charge in [0.25, 0.3) is 5.91 Å². The molecule has 5 aliphatic rings. The monoisotopic (exact) mass is 750 g/mol. The van der Waals surface area contributed by atoms with E-state index in [0.29, 0.717) is 70.1 Å². The van der Waals surface area contributed by atoms with Crippen LogP contribution in [0, 0.1) is 11.8 Å². The number of fused-ring (bicyclic) bond motifs is 2. The second-order valence-corrected chi connectivity index (χ2v) is 15.6. The van der Waals surface area contributed by atoms with Gasteiger partial charge in [0.05, 0.1) is 0 Å². The van der Waals surface area contributed by atoms with Crippen molar-refractivity contribution in [2.45, 2.75) is 101 Å². The molecule has 7 rings (SSSR count). The fraction of sp³-hybridized carbons (Fsp3) is 0.537. The maximum atomic E-state index is 13.7. The third kappa shape index (κ3) is 7.80. The zero-order chi connectivity index (χ0) is 38.8. The van der Waals surface area contributed by atoms with Gasteiger partial charge in [-0.2, -0.15) is 0 Å². The number of unbranched alkanes of at least 4 members (excludes halogenated alkanes) is 3. The minimum Gasteiger partial charge on any atom is -0.377 e. The summed E-state index contributed by atoms with van der Waals surface area (Å²) >= 11 is 0. The number of hydrogen-bond donors (Lipinski definition) is 2. The fourth-order valence-corrected chi connectivity index (χ4v) is 8.74. The van der Waals surface area contributed by atoms with E-state index in [2.05, 4.69) is 27.0 Å². The van der Waals surface area contributed by atoms with Crippen LogP contribution in [0.25, 0.3) is 0 Å². The first-order chi connectivity index (χ1) is 26.5. The first-order valence-electron chi connectivity index (χ1n) is 19.5. The van der Waals surface area contributed by atoms with Crippen molar-refractivity contribution in [3.8, 4) is 11.8 Å². The van der Waals surface area contributed by atoms with Crippen LogP contribution in [0.15, 0.2) is 36.7 Å². The number of imide groups is 1. The van der Waals surface area contributed by atoms with E-state index < -0.39 is 24.0 Å². The van der Waals surface area contributed by atoms with Gasteiger partial charge < -0.3 is 30.2 Å². The van der Waals surface area contributed by atoms with Crippen LogP contribution in [0.3, 0.4) is 0 Å². The molecule has 6 heterocycles. The molecule has 290 valence electrons. The molecule has 1 aromatic heterocycles. The first-order valence-corrected chi connectivity index (χ1v) is 19.5. The number of amides is 6. The minimum atomic E-state index is -0.886. The van der Waals surface area contributed by atoms with E-state index in [1.807, 2.05) is 37.3 Å². The number of piperidine rings is 1. The minimum absolute atomic E-state index is 0.0161. The standard InChI is InChI=1S/C41H50N8O6/c1-45(2)33-17-19-43-21-30(33)27-22-47(23-27)41(55)35-14-13-28-18-20-46(25-32(42)40(54)49(28)35)37(51)12-7-5-3-4-6-9-26-10-8-11-29-31(26)24-48(39(29)53)34-15-16-36(50)44-38(34)52/h8,10-11,17,19,21,27-28,32,34-35H,3-5,7,12-16,18,20,22-25,42H2,1-2H3,(H,44,50,52)/t28-,32+,34?,35+/m1/s1. The van der Waals surface area contributed by atoms with Gasteiger partial charge in [-0.1, -0.05) is 24.3 Å². The van der Waals surface area contributed by atoms with Crippen LogP contribution in [-0.2, 0) is 30.5 Å². The molecule has 14 heteroatoms. The quantitative estimate of drug-likeness (QED) is 0.220. The second kappa shape index (κ2) is 16.2. The average molecular weight is 751 g/mol. The normalized spacial score (nSPS) is 24.0. The van der Waals surface area contributed by atoms with Crippen molar-refractivity contribution in [3.63, 3.8) is 0 Å². The number of rotatable bonds is 9. The Bertz CT molecular complexity index is 1930. The summed E-state index contributed by atoms with van der Waals surface area (Å²) in [6.07, 6.45) is 9.38. The van der Waals surface area contributed by atoms with E-state index in [1.165, 1.54) is 4.90 Å². The molecular weight excluding hydrogens is 701 g/mol. The van der Waals surface area contributed by atoms with Gasteiger partial charge in [0.15, 0.2) is 0 Å². The zero-order valence-electron chi connectivity index (χ0n) is 31.7. The summed E-state index contributed by atoms with van der Waals surface area (Å²) in [4.78, 5) is 90.9. The average Bonchev–Trinajstić information content (AvgIpc) is 3.72. The number of anilines is 1. The van der Waals surface area contributed by atoms with Crippen LogP contribution in [0.2, 0.25) is 0 Å². The summed E-state index contributed by atoms with van der Waals surface area (Å²) in [7, 11) is 3.99. The third-order valence-corrected chi connectivity index (χ3v) is 11.8. The predicted molar refractivity (Wildman–Crippen MR) is 203 cm³/mol. The summed E-state index contributed by atoms with van der Waals surface area (Å²) in [5.41, 5.74) is 10.7. The van der Waals surface area contributed by atoms with Crippen molar-refractivity contribution in [2.75, 3.05) is 45.2 Å². The molecule has 55 heavy (non-hydrogen) atoms. The number of nitrogens with zero attached hydrogens (tertiary/aromatic N) is 6. The molecule has 0 radical (unpaired) electrons.